The van der Waals surface area contributed by atoms with Gasteiger partial charge in [0.05, 0.1) is 13.2 Å². The Hall–Kier alpha value is -2.32. The number of aromatic nitrogens is 1. The third kappa shape index (κ3) is 8.58. The maximum Gasteiger partial charge on any atom is 0.411 e. The van der Waals surface area contributed by atoms with Gasteiger partial charge in [0, 0.05) is 19.3 Å². The summed E-state index contributed by atoms with van der Waals surface area (Å²) in [5.74, 6) is 0.648. The highest BCUT2D eigenvalue weighted by atomic mass is 35.5. The Labute approximate surface area is 167 Å². The monoisotopic (exact) mass is 414 g/mol. The number of aliphatic imine (C=N–C) groups is 1. The molecule has 0 fully saturated rings. The number of halogens is 4. The standard InChI is InChI=1S/C19H22ClF3N4O/c1-2-24-18(27-11-16-7-8-17(20)25-10-16)26-9-14-3-5-15(6-4-14)12-28-13-19(21,22)23/h3-8,10H,2,9,11-13H2,1H3,(H2,24,26,27). The van der Waals surface area contributed by atoms with E-state index < -0.39 is 12.8 Å². The molecular formula is C19H22ClF3N4O. The Morgan fingerprint density at radius 1 is 1.07 bits per heavy atom. The highest BCUT2D eigenvalue weighted by molar-refractivity contribution is 6.29. The number of alkyl halides is 3. The van der Waals surface area contributed by atoms with E-state index in [1.807, 2.05) is 25.1 Å². The van der Waals surface area contributed by atoms with Crippen molar-refractivity contribution in [1.29, 1.82) is 0 Å². The number of rotatable bonds is 8. The van der Waals surface area contributed by atoms with Crippen LogP contribution in [-0.2, 0) is 24.4 Å². The lowest BCUT2D eigenvalue weighted by Gasteiger charge is -2.12. The van der Waals surface area contributed by atoms with Gasteiger partial charge in [0.15, 0.2) is 5.96 Å². The predicted molar refractivity (Wildman–Crippen MR) is 103 cm³/mol. The summed E-state index contributed by atoms with van der Waals surface area (Å²) in [5, 5.41) is 6.80. The van der Waals surface area contributed by atoms with Crippen molar-refractivity contribution >= 4 is 17.6 Å². The van der Waals surface area contributed by atoms with Crippen LogP contribution in [0.2, 0.25) is 5.15 Å². The van der Waals surface area contributed by atoms with Crippen LogP contribution in [-0.4, -0.2) is 30.3 Å². The molecule has 2 rings (SSSR count). The number of guanidine groups is 1. The van der Waals surface area contributed by atoms with E-state index in [0.29, 0.717) is 36.3 Å². The molecule has 0 aliphatic rings. The molecular weight excluding hydrogens is 393 g/mol. The molecule has 0 aliphatic heterocycles. The summed E-state index contributed by atoms with van der Waals surface area (Å²) >= 11 is 5.77. The van der Waals surface area contributed by atoms with Crippen molar-refractivity contribution in [2.75, 3.05) is 13.2 Å². The van der Waals surface area contributed by atoms with Crippen molar-refractivity contribution in [2.45, 2.75) is 32.8 Å². The van der Waals surface area contributed by atoms with Crippen molar-refractivity contribution in [3.05, 3.63) is 64.4 Å². The Bertz CT molecular complexity index is 749. The Morgan fingerprint density at radius 2 is 1.75 bits per heavy atom. The summed E-state index contributed by atoms with van der Waals surface area (Å²) in [4.78, 5) is 8.52. The summed E-state index contributed by atoms with van der Waals surface area (Å²) in [6.07, 6.45) is -2.64. The fourth-order valence-corrected chi connectivity index (χ4v) is 2.35. The van der Waals surface area contributed by atoms with Crippen molar-refractivity contribution in [1.82, 2.24) is 15.6 Å². The molecule has 1 aromatic carbocycles. The number of hydrogen-bond donors (Lipinski definition) is 2. The molecule has 152 valence electrons. The topological polar surface area (TPSA) is 58.5 Å². The van der Waals surface area contributed by atoms with E-state index >= 15 is 0 Å². The highest BCUT2D eigenvalue weighted by Crippen LogP contribution is 2.15. The molecule has 5 nitrogen and oxygen atoms in total. The normalized spacial score (nSPS) is 12.1. The molecule has 0 spiro atoms. The van der Waals surface area contributed by atoms with Gasteiger partial charge in [0.1, 0.15) is 11.8 Å². The lowest BCUT2D eigenvalue weighted by atomic mass is 10.1. The summed E-state index contributed by atoms with van der Waals surface area (Å²) in [6, 6.07) is 10.8. The number of benzene rings is 1. The smallest absolute Gasteiger partial charge is 0.367 e. The molecule has 0 saturated carbocycles. The molecule has 2 N–H and O–H groups in total. The highest BCUT2D eigenvalue weighted by Gasteiger charge is 2.27. The first-order chi connectivity index (χ1) is 13.4. The molecule has 0 radical (unpaired) electrons. The largest absolute Gasteiger partial charge is 0.411 e. The van der Waals surface area contributed by atoms with E-state index in [4.69, 9.17) is 11.6 Å². The van der Waals surface area contributed by atoms with Crippen LogP contribution in [0.15, 0.2) is 47.6 Å². The molecule has 0 amide bonds. The zero-order valence-corrected chi connectivity index (χ0v) is 16.1. The molecule has 1 heterocycles. The van der Waals surface area contributed by atoms with Gasteiger partial charge in [-0.2, -0.15) is 13.2 Å². The number of nitrogens with zero attached hydrogens (tertiary/aromatic N) is 2. The quantitative estimate of drug-likeness (QED) is 0.388. The van der Waals surface area contributed by atoms with Gasteiger partial charge in [-0.3, -0.25) is 0 Å². The van der Waals surface area contributed by atoms with Crippen LogP contribution in [0.5, 0.6) is 0 Å². The number of nitrogens with one attached hydrogen (secondary N) is 2. The first kappa shape index (κ1) is 22.0. The van der Waals surface area contributed by atoms with Gasteiger partial charge in [-0.05, 0) is 29.7 Å². The Morgan fingerprint density at radius 3 is 2.36 bits per heavy atom. The average Bonchev–Trinajstić information content (AvgIpc) is 2.65. The Balaban J connectivity index is 1.85. The molecule has 0 aliphatic carbocycles. The van der Waals surface area contributed by atoms with Crippen molar-refractivity contribution in [3.63, 3.8) is 0 Å². The van der Waals surface area contributed by atoms with E-state index in [1.54, 1.807) is 24.4 Å². The minimum atomic E-state index is -4.31. The molecule has 0 saturated heterocycles. The van der Waals surface area contributed by atoms with Crippen LogP contribution in [0, 0.1) is 0 Å². The minimum absolute atomic E-state index is 0.0769. The van der Waals surface area contributed by atoms with E-state index in [2.05, 4.69) is 25.3 Å². The SMILES string of the molecule is CCNC(=NCc1ccc(Cl)nc1)NCc1ccc(COCC(F)(F)F)cc1. The van der Waals surface area contributed by atoms with Gasteiger partial charge < -0.3 is 15.4 Å². The van der Waals surface area contributed by atoms with Crippen molar-refractivity contribution in [3.8, 4) is 0 Å². The zero-order chi connectivity index (χ0) is 20.4. The molecule has 28 heavy (non-hydrogen) atoms. The van der Waals surface area contributed by atoms with Gasteiger partial charge in [0.2, 0.25) is 0 Å². The van der Waals surface area contributed by atoms with Gasteiger partial charge in [0.25, 0.3) is 0 Å². The van der Waals surface area contributed by atoms with Gasteiger partial charge in [-0.15, -0.1) is 0 Å². The van der Waals surface area contributed by atoms with Crippen LogP contribution in [0.1, 0.15) is 23.6 Å². The van der Waals surface area contributed by atoms with Crippen molar-refractivity contribution < 1.29 is 17.9 Å². The second-order valence-electron chi connectivity index (χ2n) is 5.96. The number of ether oxygens (including phenoxy) is 1. The first-order valence-electron chi connectivity index (χ1n) is 8.70. The van der Waals surface area contributed by atoms with Crippen LogP contribution in [0.4, 0.5) is 13.2 Å². The second-order valence-corrected chi connectivity index (χ2v) is 6.35. The van der Waals surface area contributed by atoms with Gasteiger partial charge in [-0.1, -0.05) is 41.9 Å². The molecule has 2 aromatic rings. The Kier molecular flexibility index (Phi) is 8.53. The third-order valence-corrected chi connectivity index (χ3v) is 3.79. The van der Waals surface area contributed by atoms with E-state index in [1.165, 1.54) is 0 Å². The minimum Gasteiger partial charge on any atom is -0.367 e. The van der Waals surface area contributed by atoms with Crippen LogP contribution in [0.25, 0.3) is 0 Å². The average molecular weight is 415 g/mol. The summed E-state index contributed by atoms with van der Waals surface area (Å²) in [7, 11) is 0. The van der Waals surface area contributed by atoms with E-state index in [9.17, 15) is 13.2 Å². The van der Waals surface area contributed by atoms with Gasteiger partial charge >= 0.3 is 6.18 Å². The molecule has 0 atom stereocenters. The predicted octanol–water partition coefficient (Wildman–Crippen LogP) is 4.07. The molecule has 0 unspecified atom stereocenters. The maximum absolute atomic E-state index is 12.1. The molecule has 9 heteroatoms. The lowest BCUT2D eigenvalue weighted by molar-refractivity contribution is -0.176. The summed E-state index contributed by atoms with van der Waals surface area (Å²) in [5.41, 5.74) is 2.59. The first-order valence-corrected chi connectivity index (χ1v) is 9.08. The van der Waals surface area contributed by atoms with Crippen molar-refractivity contribution in [2.24, 2.45) is 4.99 Å². The second kappa shape index (κ2) is 10.9. The van der Waals surface area contributed by atoms with E-state index in [-0.39, 0.29) is 6.61 Å². The fourth-order valence-electron chi connectivity index (χ4n) is 2.24. The summed E-state index contributed by atoms with van der Waals surface area (Å²) < 4.78 is 40.9. The molecule has 0 bridgehead atoms. The van der Waals surface area contributed by atoms with Crippen LogP contribution in [0.3, 0.4) is 0 Å². The molecule has 1 aromatic heterocycles. The maximum atomic E-state index is 12.1. The van der Waals surface area contributed by atoms with Crippen LogP contribution < -0.4 is 10.6 Å². The zero-order valence-electron chi connectivity index (χ0n) is 15.4. The fraction of sp³-hybridized carbons (Fsp3) is 0.368. The number of hydrogen-bond acceptors (Lipinski definition) is 3. The number of pyridine rings is 1. The summed E-state index contributed by atoms with van der Waals surface area (Å²) in [6.45, 7) is 2.33. The van der Waals surface area contributed by atoms with Crippen LogP contribution >= 0.6 is 11.6 Å². The lowest BCUT2D eigenvalue weighted by Crippen LogP contribution is -2.36. The van der Waals surface area contributed by atoms with E-state index in [0.717, 1.165) is 11.1 Å². The third-order valence-electron chi connectivity index (χ3n) is 3.57. The van der Waals surface area contributed by atoms with Gasteiger partial charge in [-0.25, -0.2) is 9.98 Å².